The van der Waals surface area contributed by atoms with Crippen molar-refractivity contribution in [2.45, 2.75) is 31.2 Å². The zero-order valence-electron chi connectivity index (χ0n) is 9.94. The van der Waals surface area contributed by atoms with E-state index in [0.29, 0.717) is 25.0 Å². The van der Waals surface area contributed by atoms with Crippen LogP contribution in [0.5, 0.6) is 0 Å². The maximum absolute atomic E-state index is 12.0. The Kier molecular flexibility index (Phi) is 2.87. The van der Waals surface area contributed by atoms with Gasteiger partial charge < -0.3 is 15.0 Å². The smallest absolute Gasteiger partial charge is 0.270 e. The molecule has 0 unspecified atom stereocenters. The second-order valence-electron chi connectivity index (χ2n) is 4.82. The van der Waals surface area contributed by atoms with E-state index in [-0.39, 0.29) is 23.2 Å². The van der Waals surface area contributed by atoms with E-state index in [0.717, 1.165) is 19.3 Å². The first kappa shape index (κ1) is 11.4. The van der Waals surface area contributed by atoms with Gasteiger partial charge in [-0.05, 0) is 19.3 Å². The number of aromatic nitrogens is 2. The van der Waals surface area contributed by atoms with Crippen molar-refractivity contribution < 1.29 is 9.53 Å². The van der Waals surface area contributed by atoms with Gasteiger partial charge in [0.2, 0.25) is 0 Å². The van der Waals surface area contributed by atoms with Gasteiger partial charge in [-0.15, -0.1) is 0 Å². The standard InChI is InChI=1S/C12H15N3O3/c16-10-5-9(14-11(15-10)7-1-2-7)12(17)13-8-3-4-18-6-8/h5,7-8H,1-4,6H2,(H,13,17)(H,14,15,16)/t8-/m1/s1. The number of carbonyl (C=O) groups is 1. The van der Waals surface area contributed by atoms with Crippen molar-refractivity contribution in [3.05, 3.63) is 27.9 Å². The number of aromatic amines is 1. The average Bonchev–Trinajstić information content (AvgIpc) is 3.08. The molecular formula is C12H15N3O3. The minimum absolute atomic E-state index is 0.0305. The zero-order chi connectivity index (χ0) is 12.5. The summed E-state index contributed by atoms with van der Waals surface area (Å²) in [7, 11) is 0. The van der Waals surface area contributed by atoms with Crippen LogP contribution in [0.4, 0.5) is 0 Å². The lowest BCUT2D eigenvalue weighted by Crippen LogP contribution is -2.36. The lowest BCUT2D eigenvalue weighted by molar-refractivity contribution is 0.0924. The van der Waals surface area contributed by atoms with Crippen molar-refractivity contribution in [2.75, 3.05) is 13.2 Å². The van der Waals surface area contributed by atoms with Gasteiger partial charge in [0, 0.05) is 18.6 Å². The number of nitrogens with one attached hydrogen (secondary N) is 2. The molecule has 1 amide bonds. The number of nitrogens with zero attached hydrogens (tertiary/aromatic N) is 1. The van der Waals surface area contributed by atoms with E-state index >= 15 is 0 Å². The van der Waals surface area contributed by atoms with E-state index in [9.17, 15) is 9.59 Å². The molecule has 1 atom stereocenters. The third kappa shape index (κ3) is 2.43. The Morgan fingerprint density at radius 2 is 2.28 bits per heavy atom. The maximum atomic E-state index is 12.0. The molecule has 1 aromatic heterocycles. The monoisotopic (exact) mass is 249 g/mol. The molecule has 0 aromatic carbocycles. The summed E-state index contributed by atoms with van der Waals surface area (Å²) in [6, 6.07) is 1.28. The van der Waals surface area contributed by atoms with Crippen LogP contribution in [0.15, 0.2) is 10.9 Å². The predicted octanol–water partition coefficient (Wildman–Crippen LogP) is 0.166. The fourth-order valence-electron chi connectivity index (χ4n) is 2.05. The Morgan fingerprint density at radius 3 is 2.94 bits per heavy atom. The third-order valence-corrected chi connectivity index (χ3v) is 3.22. The van der Waals surface area contributed by atoms with Gasteiger partial charge in [0.15, 0.2) is 0 Å². The second kappa shape index (κ2) is 4.53. The highest BCUT2D eigenvalue weighted by Crippen LogP contribution is 2.37. The van der Waals surface area contributed by atoms with Crippen molar-refractivity contribution in [3.63, 3.8) is 0 Å². The lowest BCUT2D eigenvalue weighted by atomic mass is 10.2. The highest BCUT2D eigenvalue weighted by Gasteiger charge is 2.27. The molecule has 1 saturated heterocycles. The molecule has 1 aliphatic carbocycles. The topological polar surface area (TPSA) is 84.1 Å². The van der Waals surface area contributed by atoms with Crippen molar-refractivity contribution in [1.82, 2.24) is 15.3 Å². The van der Waals surface area contributed by atoms with E-state index < -0.39 is 0 Å². The van der Waals surface area contributed by atoms with Gasteiger partial charge in [-0.2, -0.15) is 0 Å². The molecule has 2 aliphatic rings. The Hall–Kier alpha value is -1.69. The molecule has 0 bridgehead atoms. The third-order valence-electron chi connectivity index (χ3n) is 3.22. The molecule has 2 heterocycles. The molecule has 96 valence electrons. The summed E-state index contributed by atoms with van der Waals surface area (Å²) in [6.45, 7) is 1.20. The zero-order valence-corrected chi connectivity index (χ0v) is 9.94. The second-order valence-corrected chi connectivity index (χ2v) is 4.82. The fraction of sp³-hybridized carbons (Fsp3) is 0.583. The highest BCUT2D eigenvalue weighted by molar-refractivity contribution is 5.92. The number of ether oxygens (including phenoxy) is 1. The molecule has 2 N–H and O–H groups in total. The molecule has 6 heteroatoms. The normalized spacial score (nSPS) is 23.0. The largest absolute Gasteiger partial charge is 0.379 e. The molecular weight excluding hydrogens is 234 g/mol. The Balaban J connectivity index is 1.77. The average molecular weight is 249 g/mol. The number of carbonyl (C=O) groups excluding carboxylic acids is 1. The molecule has 6 nitrogen and oxygen atoms in total. The van der Waals surface area contributed by atoms with Crippen molar-refractivity contribution >= 4 is 5.91 Å². The van der Waals surface area contributed by atoms with Crippen LogP contribution in [0.1, 0.15) is 41.5 Å². The van der Waals surface area contributed by atoms with E-state index in [4.69, 9.17) is 4.74 Å². The predicted molar refractivity (Wildman–Crippen MR) is 63.5 cm³/mol. The maximum Gasteiger partial charge on any atom is 0.270 e. The highest BCUT2D eigenvalue weighted by atomic mass is 16.5. The van der Waals surface area contributed by atoms with Crippen molar-refractivity contribution in [2.24, 2.45) is 0 Å². The van der Waals surface area contributed by atoms with Gasteiger partial charge in [-0.3, -0.25) is 9.59 Å². The van der Waals surface area contributed by atoms with Crippen LogP contribution in [-0.4, -0.2) is 35.1 Å². The van der Waals surface area contributed by atoms with Gasteiger partial charge in [0.25, 0.3) is 11.5 Å². The van der Waals surface area contributed by atoms with Gasteiger partial charge in [-0.1, -0.05) is 0 Å². The summed E-state index contributed by atoms with van der Waals surface area (Å²) in [5.41, 5.74) is -0.0627. The summed E-state index contributed by atoms with van der Waals surface area (Å²) in [5.74, 6) is 0.661. The minimum Gasteiger partial charge on any atom is -0.379 e. The number of amides is 1. The van der Waals surface area contributed by atoms with Gasteiger partial charge in [0.1, 0.15) is 11.5 Å². The Labute approximate surface area is 104 Å². The van der Waals surface area contributed by atoms with E-state index in [2.05, 4.69) is 15.3 Å². The Morgan fingerprint density at radius 1 is 1.44 bits per heavy atom. The molecule has 2 fully saturated rings. The minimum atomic E-state index is -0.293. The summed E-state index contributed by atoms with van der Waals surface area (Å²) in [6.07, 6.45) is 2.87. The molecule has 1 saturated carbocycles. The van der Waals surface area contributed by atoms with Crippen molar-refractivity contribution in [3.8, 4) is 0 Å². The van der Waals surface area contributed by atoms with E-state index in [1.807, 2.05) is 0 Å². The first-order chi connectivity index (χ1) is 8.72. The molecule has 1 aliphatic heterocycles. The van der Waals surface area contributed by atoms with Crippen LogP contribution in [0.2, 0.25) is 0 Å². The molecule has 3 rings (SSSR count). The lowest BCUT2D eigenvalue weighted by Gasteiger charge is -2.10. The van der Waals surface area contributed by atoms with E-state index in [1.54, 1.807) is 0 Å². The van der Waals surface area contributed by atoms with Crippen LogP contribution in [0, 0.1) is 0 Å². The molecule has 1 aromatic rings. The van der Waals surface area contributed by atoms with Crippen LogP contribution >= 0.6 is 0 Å². The first-order valence-electron chi connectivity index (χ1n) is 6.22. The number of hydrogen-bond acceptors (Lipinski definition) is 4. The van der Waals surface area contributed by atoms with Gasteiger partial charge in [0.05, 0.1) is 12.6 Å². The van der Waals surface area contributed by atoms with Crippen LogP contribution in [-0.2, 0) is 4.74 Å². The Bertz CT molecular complexity index is 516. The summed E-state index contributed by atoms with van der Waals surface area (Å²) >= 11 is 0. The van der Waals surface area contributed by atoms with Crippen LogP contribution in [0.3, 0.4) is 0 Å². The van der Waals surface area contributed by atoms with Crippen molar-refractivity contribution in [1.29, 1.82) is 0 Å². The fourth-order valence-corrected chi connectivity index (χ4v) is 2.05. The van der Waals surface area contributed by atoms with Crippen LogP contribution < -0.4 is 10.9 Å². The molecule has 18 heavy (non-hydrogen) atoms. The number of H-pyrrole nitrogens is 1. The first-order valence-corrected chi connectivity index (χ1v) is 6.22. The number of rotatable bonds is 3. The quantitative estimate of drug-likeness (QED) is 0.799. The summed E-state index contributed by atoms with van der Waals surface area (Å²) < 4.78 is 5.19. The SMILES string of the molecule is O=C(N[C@@H]1CCOC1)c1cc(=O)[nH]c(C2CC2)n1. The summed E-state index contributed by atoms with van der Waals surface area (Å²) in [4.78, 5) is 30.4. The molecule has 0 spiro atoms. The van der Waals surface area contributed by atoms with Gasteiger partial charge in [-0.25, -0.2) is 4.98 Å². The number of hydrogen-bond donors (Lipinski definition) is 2. The molecule has 0 radical (unpaired) electrons. The van der Waals surface area contributed by atoms with E-state index in [1.165, 1.54) is 6.07 Å². The van der Waals surface area contributed by atoms with Gasteiger partial charge >= 0.3 is 0 Å². The van der Waals surface area contributed by atoms with Crippen LogP contribution in [0.25, 0.3) is 0 Å². The summed E-state index contributed by atoms with van der Waals surface area (Å²) in [5, 5.41) is 2.83.